The molecule has 0 saturated heterocycles. The molecule has 0 aliphatic heterocycles. The summed E-state index contributed by atoms with van der Waals surface area (Å²) in [5, 5.41) is 19.3. The molecule has 5 rings (SSSR count). The number of anilines is 4. The van der Waals surface area contributed by atoms with Crippen LogP contribution in [0.15, 0.2) is 97.3 Å². The van der Waals surface area contributed by atoms with Crippen molar-refractivity contribution in [2.24, 2.45) is 5.73 Å². The summed E-state index contributed by atoms with van der Waals surface area (Å²) in [6.45, 7) is 0.628. The molecule has 11 nitrogen and oxygen atoms in total. The lowest BCUT2D eigenvalue weighted by atomic mass is 10.1. The van der Waals surface area contributed by atoms with Crippen LogP contribution in [0.1, 0.15) is 22.1 Å². The average Bonchev–Trinajstić information content (AvgIpc) is 3.38. The minimum Gasteiger partial charge on any atom is -0.374 e. The third-order valence-corrected chi connectivity index (χ3v) is 6.52. The second-order valence-corrected chi connectivity index (χ2v) is 10.2. The summed E-state index contributed by atoms with van der Waals surface area (Å²) < 4.78 is 16.5. The fourth-order valence-corrected chi connectivity index (χ4v) is 4.50. The monoisotopic (exact) mass is 594 g/mol. The SMILES string of the molecule is CN(C)C/C=C/C(=O)Nc1cccc(C(=O)Nc2cccc(Nc3ncc(F)c(-n4cc(C(N)O)c5ccccc54)n3)c2)c1. The van der Waals surface area contributed by atoms with E-state index in [-0.39, 0.29) is 23.6 Å². The van der Waals surface area contributed by atoms with Crippen LogP contribution < -0.4 is 21.7 Å². The van der Waals surface area contributed by atoms with Crippen molar-refractivity contribution in [3.05, 3.63) is 114 Å². The Morgan fingerprint density at radius 3 is 2.52 bits per heavy atom. The number of likely N-dealkylation sites (N-methyl/N-ethyl adjacent to an activating group) is 1. The number of fused-ring (bicyclic) bond motifs is 1. The Balaban J connectivity index is 1.31. The number of para-hydroxylation sites is 1. The second-order valence-electron chi connectivity index (χ2n) is 10.2. The Hall–Kier alpha value is -5.43. The molecular weight excluding hydrogens is 563 g/mol. The molecule has 0 spiro atoms. The van der Waals surface area contributed by atoms with Gasteiger partial charge in [0.25, 0.3) is 5.91 Å². The van der Waals surface area contributed by atoms with Crippen LogP contribution >= 0.6 is 0 Å². The van der Waals surface area contributed by atoms with E-state index < -0.39 is 12.0 Å². The summed E-state index contributed by atoms with van der Waals surface area (Å²) >= 11 is 0. The number of nitrogens with one attached hydrogen (secondary N) is 3. The molecule has 1 unspecified atom stereocenters. The number of aliphatic hydroxyl groups excluding tert-OH is 1. The Bertz CT molecular complexity index is 1850. The van der Waals surface area contributed by atoms with Gasteiger partial charge in [-0.2, -0.15) is 4.98 Å². The first-order valence-corrected chi connectivity index (χ1v) is 13.7. The second kappa shape index (κ2) is 13.3. The number of aliphatic hydroxyl groups is 1. The summed E-state index contributed by atoms with van der Waals surface area (Å²) in [5.41, 5.74) is 8.65. The molecule has 0 aliphatic carbocycles. The summed E-state index contributed by atoms with van der Waals surface area (Å²) in [7, 11) is 3.81. The van der Waals surface area contributed by atoms with E-state index >= 15 is 0 Å². The standard InChI is InChI=1S/C32H31FN8O3/c1-40(2)15-7-14-28(42)36-21-9-5-8-20(16-21)31(44)37-22-10-6-11-23(17-22)38-32-35-18-26(33)30(39-32)41-19-25(29(34)43)24-12-3-4-13-27(24)41/h3-14,16-19,29,43H,15,34H2,1-2H3,(H,36,42)(H,37,44)(H,35,38,39)/b14-7+. The number of benzene rings is 3. The molecule has 0 bridgehead atoms. The quantitative estimate of drug-likeness (QED) is 0.117. The molecule has 0 radical (unpaired) electrons. The van der Waals surface area contributed by atoms with E-state index in [4.69, 9.17) is 5.73 Å². The predicted octanol–water partition coefficient (Wildman–Crippen LogP) is 4.56. The molecule has 1 atom stereocenters. The van der Waals surface area contributed by atoms with Crippen LogP contribution in [-0.2, 0) is 4.79 Å². The normalized spacial score (nSPS) is 12.0. The minimum absolute atomic E-state index is 0.0322. The number of nitrogens with two attached hydrogens (primary N) is 1. The average molecular weight is 595 g/mol. The molecular formula is C32H31FN8O3. The number of halogens is 1. The fourth-order valence-electron chi connectivity index (χ4n) is 4.50. The maximum absolute atomic E-state index is 14.9. The van der Waals surface area contributed by atoms with Gasteiger partial charge in [0.05, 0.1) is 11.7 Å². The van der Waals surface area contributed by atoms with Gasteiger partial charge in [-0.15, -0.1) is 0 Å². The Kier molecular flexibility index (Phi) is 9.05. The van der Waals surface area contributed by atoms with E-state index in [1.54, 1.807) is 85.1 Å². The smallest absolute Gasteiger partial charge is 0.255 e. The van der Waals surface area contributed by atoms with Gasteiger partial charge in [-0.3, -0.25) is 14.2 Å². The van der Waals surface area contributed by atoms with Crippen molar-refractivity contribution in [3.8, 4) is 5.82 Å². The number of rotatable bonds is 10. The lowest BCUT2D eigenvalue weighted by molar-refractivity contribution is -0.111. The van der Waals surface area contributed by atoms with E-state index in [0.29, 0.717) is 45.6 Å². The highest BCUT2D eigenvalue weighted by Crippen LogP contribution is 2.28. The third-order valence-electron chi connectivity index (χ3n) is 6.52. The van der Waals surface area contributed by atoms with Crippen molar-refractivity contribution in [2.45, 2.75) is 6.23 Å². The topological polar surface area (TPSA) is 150 Å². The number of hydrogen-bond donors (Lipinski definition) is 5. The lowest BCUT2D eigenvalue weighted by Gasteiger charge is -2.11. The number of carbonyl (C=O) groups is 2. The van der Waals surface area contributed by atoms with Crippen LogP contribution in [-0.4, -0.2) is 57.0 Å². The molecule has 224 valence electrons. The zero-order chi connectivity index (χ0) is 31.2. The first kappa shape index (κ1) is 30.0. The van der Waals surface area contributed by atoms with E-state index in [1.807, 2.05) is 19.0 Å². The van der Waals surface area contributed by atoms with Crippen molar-refractivity contribution >= 4 is 45.7 Å². The van der Waals surface area contributed by atoms with Crippen LogP contribution in [0.25, 0.3) is 16.7 Å². The largest absolute Gasteiger partial charge is 0.374 e. The van der Waals surface area contributed by atoms with Crippen molar-refractivity contribution in [1.29, 1.82) is 0 Å². The van der Waals surface area contributed by atoms with Gasteiger partial charge in [0.2, 0.25) is 11.9 Å². The van der Waals surface area contributed by atoms with Gasteiger partial charge < -0.3 is 31.7 Å². The molecule has 3 aromatic carbocycles. The highest BCUT2D eigenvalue weighted by molar-refractivity contribution is 6.06. The molecule has 2 aromatic heterocycles. The molecule has 6 N–H and O–H groups in total. The molecule has 0 saturated carbocycles. The van der Waals surface area contributed by atoms with Gasteiger partial charge in [0, 0.05) is 52.4 Å². The minimum atomic E-state index is -1.25. The summed E-state index contributed by atoms with van der Waals surface area (Å²) in [4.78, 5) is 35.6. The van der Waals surface area contributed by atoms with E-state index in [2.05, 4.69) is 25.9 Å². The van der Waals surface area contributed by atoms with Crippen molar-refractivity contribution in [3.63, 3.8) is 0 Å². The molecule has 2 heterocycles. The van der Waals surface area contributed by atoms with Gasteiger partial charge in [0.1, 0.15) is 6.23 Å². The van der Waals surface area contributed by atoms with Crippen LogP contribution in [0.3, 0.4) is 0 Å². The zero-order valence-corrected chi connectivity index (χ0v) is 24.0. The Labute approximate surface area is 252 Å². The molecule has 44 heavy (non-hydrogen) atoms. The van der Waals surface area contributed by atoms with Crippen molar-refractivity contribution in [1.82, 2.24) is 19.4 Å². The lowest BCUT2D eigenvalue weighted by Crippen LogP contribution is -2.14. The van der Waals surface area contributed by atoms with E-state index in [0.717, 1.165) is 6.20 Å². The molecule has 0 aliphatic rings. The predicted molar refractivity (Wildman–Crippen MR) is 168 cm³/mol. The number of hydrogen-bond acceptors (Lipinski definition) is 8. The first-order valence-electron chi connectivity index (χ1n) is 13.7. The summed E-state index contributed by atoms with van der Waals surface area (Å²) in [5.74, 6) is -1.26. The van der Waals surface area contributed by atoms with Gasteiger partial charge in [-0.25, -0.2) is 9.37 Å². The highest BCUT2D eigenvalue weighted by atomic mass is 19.1. The first-order chi connectivity index (χ1) is 21.2. The van der Waals surface area contributed by atoms with Gasteiger partial charge >= 0.3 is 0 Å². The maximum atomic E-state index is 14.9. The summed E-state index contributed by atoms with van der Waals surface area (Å²) in [6, 6.07) is 20.6. The Morgan fingerprint density at radius 2 is 1.75 bits per heavy atom. The third kappa shape index (κ3) is 7.13. The van der Waals surface area contributed by atoms with Crippen LogP contribution in [0.4, 0.5) is 27.4 Å². The van der Waals surface area contributed by atoms with Crippen molar-refractivity contribution in [2.75, 3.05) is 36.6 Å². The summed E-state index contributed by atoms with van der Waals surface area (Å²) in [6.07, 6.45) is 4.53. The molecule has 2 amide bonds. The van der Waals surface area contributed by atoms with Crippen LogP contribution in [0.5, 0.6) is 0 Å². The molecule has 0 fully saturated rings. The van der Waals surface area contributed by atoms with Gasteiger partial charge in [-0.05, 0) is 56.6 Å². The molecule has 12 heteroatoms. The maximum Gasteiger partial charge on any atom is 0.255 e. The van der Waals surface area contributed by atoms with Crippen molar-refractivity contribution < 1.29 is 19.1 Å². The van der Waals surface area contributed by atoms with E-state index in [1.165, 1.54) is 10.6 Å². The van der Waals surface area contributed by atoms with Gasteiger partial charge in [-0.1, -0.05) is 36.4 Å². The number of carbonyl (C=O) groups excluding carboxylic acids is 2. The van der Waals surface area contributed by atoms with Crippen LogP contribution in [0, 0.1) is 5.82 Å². The van der Waals surface area contributed by atoms with Gasteiger partial charge in [0.15, 0.2) is 11.6 Å². The fraction of sp³-hybridized carbons (Fsp3) is 0.125. The van der Waals surface area contributed by atoms with E-state index in [9.17, 15) is 19.1 Å². The Morgan fingerprint density at radius 1 is 1.02 bits per heavy atom. The highest BCUT2D eigenvalue weighted by Gasteiger charge is 2.18. The molecule has 5 aromatic rings. The zero-order valence-electron chi connectivity index (χ0n) is 24.0. The number of aromatic nitrogens is 3. The number of amides is 2. The van der Waals surface area contributed by atoms with Crippen LogP contribution in [0.2, 0.25) is 0 Å². The number of nitrogens with zero attached hydrogens (tertiary/aromatic N) is 4.